The molecule has 0 N–H and O–H groups in total. The van der Waals surface area contributed by atoms with Crippen molar-refractivity contribution in [2.24, 2.45) is 5.41 Å². The van der Waals surface area contributed by atoms with Crippen molar-refractivity contribution < 1.29 is 0 Å². The molecule has 0 fully saturated rings. The van der Waals surface area contributed by atoms with E-state index < -0.39 is 0 Å². The van der Waals surface area contributed by atoms with Crippen LogP contribution in [0, 0.1) is 5.41 Å². The number of hydrogen-bond acceptors (Lipinski definition) is 1. The minimum Gasteiger partial charge on any atom is -0.309 e. The van der Waals surface area contributed by atoms with E-state index in [1.165, 1.54) is 22.2 Å². The smallest absolute Gasteiger partial charge is 0.0541 e. The van der Waals surface area contributed by atoms with Gasteiger partial charge in [-0.25, -0.2) is 0 Å². The third-order valence-corrected chi connectivity index (χ3v) is 4.22. The third kappa shape index (κ3) is 2.00. The Morgan fingerprint density at radius 1 is 0.909 bits per heavy atom. The fourth-order valence-corrected chi connectivity index (χ4v) is 3.04. The molecule has 0 unspecified atom stereocenters. The summed E-state index contributed by atoms with van der Waals surface area (Å²) in [6, 6.07) is 12.7. The molecule has 1 aromatic carbocycles. The highest BCUT2D eigenvalue weighted by Gasteiger charge is 2.19. The summed E-state index contributed by atoms with van der Waals surface area (Å²) in [6.45, 7) is 4.45. The molecule has 0 aliphatic heterocycles. The van der Waals surface area contributed by atoms with Crippen LogP contribution in [0.1, 0.15) is 25.1 Å². The Hall–Kier alpha value is -2.61. The first kappa shape index (κ1) is 13.1. The van der Waals surface area contributed by atoms with Crippen LogP contribution >= 0.6 is 0 Å². The lowest BCUT2D eigenvalue weighted by atomic mass is 9.93. The Labute approximate surface area is 130 Å². The van der Waals surface area contributed by atoms with Crippen LogP contribution < -0.4 is 0 Å². The van der Waals surface area contributed by atoms with Crippen LogP contribution in [0.4, 0.5) is 0 Å². The minimum atomic E-state index is 0.0726. The summed E-state index contributed by atoms with van der Waals surface area (Å²) in [5.74, 6) is 0. The van der Waals surface area contributed by atoms with Gasteiger partial charge in [0.25, 0.3) is 0 Å². The van der Waals surface area contributed by atoms with E-state index in [2.05, 4.69) is 84.1 Å². The third-order valence-electron chi connectivity index (χ3n) is 4.22. The first-order chi connectivity index (χ1) is 10.7. The fourth-order valence-electron chi connectivity index (χ4n) is 3.04. The molecule has 0 saturated heterocycles. The molecular weight excluding hydrogens is 268 g/mol. The van der Waals surface area contributed by atoms with E-state index in [0.717, 1.165) is 5.69 Å². The summed E-state index contributed by atoms with van der Waals surface area (Å²) >= 11 is 0. The molecule has 0 saturated carbocycles. The number of rotatable bonds is 1. The van der Waals surface area contributed by atoms with Gasteiger partial charge in [-0.05, 0) is 24.3 Å². The van der Waals surface area contributed by atoms with Gasteiger partial charge in [-0.2, -0.15) is 0 Å². The Morgan fingerprint density at radius 2 is 1.64 bits per heavy atom. The van der Waals surface area contributed by atoms with E-state index >= 15 is 0 Å². The SMILES string of the molecule is CC1(C)C=Cc2c(n(-c3ccncc3)c3ccccc23)C=C1. The number of aromatic nitrogens is 2. The molecule has 0 atom stereocenters. The van der Waals surface area contributed by atoms with E-state index in [0.29, 0.717) is 0 Å². The van der Waals surface area contributed by atoms with Crippen LogP contribution in [-0.2, 0) is 0 Å². The predicted octanol–water partition coefficient (Wildman–Crippen LogP) is 5.09. The first-order valence-corrected chi connectivity index (χ1v) is 7.58. The van der Waals surface area contributed by atoms with Crippen LogP contribution in [0.5, 0.6) is 0 Å². The van der Waals surface area contributed by atoms with Crippen molar-refractivity contribution in [1.29, 1.82) is 0 Å². The molecular formula is C20H18N2. The van der Waals surface area contributed by atoms with Crippen LogP contribution in [0.25, 0.3) is 28.7 Å². The van der Waals surface area contributed by atoms with Crippen molar-refractivity contribution in [3.05, 3.63) is 72.2 Å². The highest BCUT2D eigenvalue weighted by Crippen LogP contribution is 2.35. The molecule has 0 amide bonds. The Bertz CT molecular complexity index is 896. The predicted molar refractivity (Wildman–Crippen MR) is 92.9 cm³/mol. The van der Waals surface area contributed by atoms with Gasteiger partial charge in [0.2, 0.25) is 0 Å². The van der Waals surface area contributed by atoms with Crippen molar-refractivity contribution in [1.82, 2.24) is 9.55 Å². The zero-order valence-electron chi connectivity index (χ0n) is 12.8. The van der Waals surface area contributed by atoms with Gasteiger partial charge in [-0.15, -0.1) is 0 Å². The molecule has 2 heteroatoms. The zero-order chi connectivity index (χ0) is 15.2. The molecule has 2 aromatic heterocycles. The fraction of sp³-hybridized carbons (Fsp3) is 0.150. The minimum absolute atomic E-state index is 0.0726. The van der Waals surface area contributed by atoms with Crippen molar-refractivity contribution >= 4 is 23.1 Å². The molecule has 0 bridgehead atoms. The van der Waals surface area contributed by atoms with Crippen LogP contribution in [-0.4, -0.2) is 9.55 Å². The average Bonchev–Trinajstić information content (AvgIpc) is 2.76. The van der Waals surface area contributed by atoms with Gasteiger partial charge in [0, 0.05) is 34.4 Å². The normalized spacial score (nSPS) is 15.7. The molecule has 2 nitrogen and oxygen atoms in total. The lowest BCUT2D eigenvalue weighted by Crippen LogP contribution is -2.01. The van der Waals surface area contributed by atoms with E-state index in [1.807, 2.05) is 12.4 Å². The van der Waals surface area contributed by atoms with Crippen LogP contribution in [0.3, 0.4) is 0 Å². The second kappa shape index (κ2) is 4.70. The lowest BCUT2D eigenvalue weighted by Gasteiger charge is -2.13. The van der Waals surface area contributed by atoms with Crippen LogP contribution in [0.15, 0.2) is 60.9 Å². The topological polar surface area (TPSA) is 17.8 Å². The Balaban J connectivity index is 2.10. The Kier molecular flexibility index (Phi) is 2.80. The second-order valence-electron chi connectivity index (χ2n) is 6.34. The number of nitrogens with zero attached hydrogens (tertiary/aromatic N) is 2. The van der Waals surface area contributed by atoms with Gasteiger partial charge in [-0.1, -0.05) is 50.3 Å². The van der Waals surface area contributed by atoms with E-state index in [-0.39, 0.29) is 5.41 Å². The molecule has 1 aliphatic rings. The van der Waals surface area contributed by atoms with E-state index in [9.17, 15) is 0 Å². The number of fused-ring (bicyclic) bond motifs is 3. The maximum atomic E-state index is 4.14. The molecule has 0 spiro atoms. The number of pyridine rings is 1. The van der Waals surface area contributed by atoms with Crippen molar-refractivity contribution in [3.63, 3.8) is 0 Å². The van der Waals surface area contributed by atoms with Gasteiger partial charge < -0.3 is 4.57 Å². The molecule has 1 aliphatic carbocycles. The molecule has 4 rings (SSSR count). The van der Waals surface area contributed by atoms with Gasteiger partial charge in [0.15, 0.2) is 0 Å². The maximum absolute atomic E-state index is 4.14. The molecule has 0 radical (unpaired) electrons. The summed E-state index contributed by atoms with van der Waals surface area (Å²) in [5, 5.41) is 1.29. The standard InChI is InChI=1S/C20H18N2/c1-20(2)11-7-17-16-5-3-4-6-18(16)22(19(17)8-12-20)15-9-13-21-14-10-15/h3-14H,1-2H3. The summed E-state index contributed by atoms with van der Waals surface area (Å²) in [4.78, 5) is 4.14. The summed E-state index contributed by atoms with van der Waals surface area (Å²) < 4.78 is 2.31. The van der Waals surface area contributed by atoms with Crippen LogP contribution in [0.2, 0.25) is 0 Å². The lowest BCUT2D eigenvalue weighted by molar-refractivity contribution is 0.633. The number of benzene rings is 1. The summed E-state index contributed by atoms with van der Waals surface area (Å²) in [7, 11) is 0. The number of para-hydroxylation sites is 1. The monoisotopic (exact) mass is 286 g/mol. The first-order valence-electron chi connectivity index (χ1n) is 7.58. The molecule has 22 heavy (non-hydrogen) atoms. The zero-order valence-corrected chi connectivity index (χ0v) is 12.8. The molecule has 3 aromatic rings. The second-order valence-corrected chi connectivity index (χ2v) is 6.34. The number of allylic oxidation sites excluding steroid dienone is 2. The summed E-state index contributed by atoms with van der Waals surface area (Å²) in [6.07, 6.45) is 12.7. The van der Waals surface area contributed by atoms with Gasteiger partial charge in [0.1, 0.15) is 0 Å². The largest absolute Gasteiger partial charge is 0.309 e. The highest BCUT2D eigenvalue weighted by molar-refractivity contribution is 5.96. The van der Waals surface area contributed by atoms with E-state index in [4.69, 9.17) is 0 Å². The molecule has 2 heterocycles. The van der Waals surface area contributed by atoms with Crippen molar-refractivity contribution in [2.45, 2.75) is 13.8 Å². The van der Waals surface area contributed by atoms with Gasteiger partial charge in [0.05, 0.1) is 11.2 Å². The maximum Gasteiger partial charge on any atom is 0.0541 e. The summed E-state index contributed by atoms with van der Waals surface area (Å²) in [5.41, 5.74) is 4.96. The van der Waals surface area contributed by atoms with E-state index in [1.54, 1.807) is 0 Å². The van der Waals surface area contributed by atoms with Crippen molar-refractivity contribution in [3.8, 4) is 5.69 Å². The van der Waals surface area contributed by atoms with Crippen molar-refractivity contribution in [2.75, 3.05) is 0 Å². The highest BCUT2D eigenvalue weighted by atomic mass is 15.0. The number of hydrogen-bond donors (Lipinski definition) is 0. The average molecular weight is 286 g/mol. The van der Waals surface area contributed by atoms with Gasteiger partial charge >= 0.3 is 0 Å². The quantitative estimate of drug-likeness (QED) is 0.609. The van der Waals surface area contributed by atoms with Gasteiger partial charge in [-0.3, -0.25) is 4.98 Å². The Morgan fingerprint density at radius 3 is 2.45 bits per heavy atom. The molecule has 108 valence electrons.